The zero-order valence-electron chi connectivity index (χ0n) is 16.0. The summed E-state index contributed by atoms with van der Waals surface area (Å²) in [5.74, 6) is -0.312. The Morgan fingerprint density at radius 2 is 1.97 bits per heavy atom. The van der Waals surface area contributed by atoms with Crippen LogP contribution in [0.15, 0.2) is 53.3 Å². The van der Waals surface area contributed by atoms with Gasteiger partial charge in [0.15, 0.2) is 0 Å². The number of alkyl halides is 3. The third kappa shape index (κ3) is 3.52. The fraction of sp³-hybridized carbons (Fsp3) is 0.273. The van der Waals surface area contributed by atoms with E-state index < -0.39 is 17.6 Å². The maximum absolute atomic E-state index is 13.3. The molecule has 1 amide bonds. The molecule has 0 N–H and O–H groups in total. The van der Waals surface area contributed by atoms with Crippen LogP contribution in [0.4, 0.5) is 18.9 Å². The molecule has 0 unspecified atom stereocenters. The summed E-state index contributed by atoms with van der Waals surface area (Å²) in [6.45, 7) is 3.87. The van der Waals surface area contributed by atoms with E-state index in [-0.39, 0.29) is 23.6 Å². The highest BCUT2D eigenvalue weighted by Crippen LogP contribution is 2.38. The number of carbonyl (C=O) groups excluding carboxylic acids is 1. The maximum atomic E-state index is 13.3. The molecule has 1 aromatic heterocycles. The fourth-order valence-corrected chi connectivity index (χ4v) is 3.72. The van der Waals surface area contributed by atoms with Crippen LogP contribution in [-0.4, -0.2) is 11.1 Å². The zero-order chi connectivity index (χ0) is 20.8. The average Bonchev–Trinajstić information content (AvgIpc) is 3.24. The Morgan fingerprint density at radius 1 is 1.21 bits per heavy atom. The van der Waals surface area contributed by atoms with Gasteiger partial charge in [-0.05, 0) is 54.7 Å². The molecule has 4 rings (SSSR count). The number of halogens is 3. The largest absolute Gasteiger partial charge is 0.416 e. The Hall–Kier alpha value is -3.09. The quantitative estimate of drug-likeness (QED) is 0.580. The summed E-state index contributed by atoms with van der Waals surface area (Å²) in [5.41, 5.74) is 2.78. The van der Waals surface area contributed by atoms with Crippen molar-refractivity contribution in [3.63, 3.8) is 0 Å². The lowest BCUT2D eigenvalue weighted by atomic mass is 9.94. The summed E-state index contributed by atoms with van der Waals surface area (Å²) < 4.78 is 45.0. The zero-order valence-corrected chi connectivity index (χ0v) is 16.0. The van der Waals surface area contributed by atoms with Crippen molar-refractivity contribution in [1.82, 2.24) is 5.16 Å². The second kappa shape index (κ2) is 7.06. The van der Waals surface area contributed by atoms with Gasteiger partial charge in [0.2, 0.25) is 0 Å². The lowest BCUT2D eigenvalue weighted by Gasteiger charge is -2.19. The van der Waals surface area contributed by atoms with Crippen LogP contribution in [0.2, 0.25) is 0 Å². The first kappa shape index (κ1) is 19.2. The molecular weight excluding hydrogens is 381 g/mol. The highest BCUT2D eigenvalue weighted by Gasteiger charge is 2.39. The number of aryl methyl sites for hydroxylation is 1. The Labute approximate surface area is 165 Å². The van der Waals surface area contributed by atoms with Crippen LogP contribution in [0.3, 0.4) is 0 Å². The summed E-state index contributed by atoms with van der Waals surface area (Å²) in [6, 6.07) is 11.1. The van der Waals surface area contributed by atoms with E-state index in [1.54, 1.807) is 12.3 Å². The predicted octanol–water partition coefficient (Wildman–Crippen LogP) is 5.51. The number of nitrogens with zero attached hydrogens (tertiary/aromatic N) is 2. The Bertz CT molecular complexity index is 1070. The van der Waals surface area contributed by atoms with Crippen molar-refractivity contribution in [2.24, 2.45) is 0 Å². The molecule has 1 aliphatic heterocycles. The molecule has 2 aromatic carbocycles. The lowest BCUT2D eigenvalue weighted by Crippen LogP contribution is -2.23. The van der Waals surface area contributed by atoms with Crippen molar-refractivity contribution in [3.05, 3.63) is 82.2 Å². The van der Waals surface area contributed by atoms with Crippen LogP contribution >= 0.6 is 0 Å². The van der Waals surface area contributed by atoms with Crippen LogP contribution < -0.4 is 4.90 Å². The van der Waals surface area contributed by atoms with E-state index in [2.05, 4.69) is 5.16 Å². The van der Waals surface area contributed by atoms with E-state index in [0.717, 1.165) is 22.9 Å². The number of benzene rings is 2. The highest BCUT2D eigenvalue weighted by atomic mass is 19.4. The van der Waals surface area contributed by atoms with Crippen molar-refractivity contribution in [3.8, 4) is 0 Å². The van der Waals surface area contributed by atoms with Crippen LogP contribution in [0.5, 0.6) is 0 Å². The summed E-state index contributed by atoms with van der Waals surface area (Å²) in [6.07, 6.45) is -2.23. The standard InChI is InChI=1S/C22H19F3N2O2/c1-13(9-20-14(2)12-29-26-20)15-5-3-6-16(10-15)27-11-18-17(21(27)28)7-4-8-19(18)22(23,24)25/h3-8,10,12-13H,9,11H2,1-2H3/t13-/m1/s1. The van der Waals surface area contributed by atoms with Crippen LogP contribution in [0.1, 0.15) is 51.1 Å². The molecule has 0 fully saturated rings. The molecule has 0 spiro atoms. The summed E-state index contributed by atoms with van der Waals surface area (Å²) in [5, 5.41) is 4.01. The average molecular weight is 400 g/mol. The van der Waals surface area contributed by atoms with E-state index in [0.29, 0.717) is 12.1 Å². The van der Waals surface area contributed by atoms with Crippen molar-refractivity contribution >= 4 is 11.6 Å². The molecular formula is C22H19F3N2O2. The van der Waals surface area contributed by atoms with E-state index in [9.17, 15) is 18.0 Å². The summed E-state index contributed by atoms with van der Waals surface area (Å²) in [4.78, 5) is 14.2. The molecule has 0 saturated heterocycles. The highest BCUT2D eigenvalue weighted by molar-refractivity contribution is 6.10. The van der Waals surface area contributed by atoms with Gasteiger partial charge < -0.3 is 9.42 Å². The first-order chi connectivity index (χ1) is 13.8. The molecule has 1 aliphatic rings. The number of aromatic nitrogens is 1. The van der Waals surface area contributed by atoms with Gasteiger partial charge in [-0.15, -0.1) is 0 Å². The van der Waals surface area contributed by atoms with Crippen LogP contribution in [-0.2, 0) is 19.1 Å². The Morgan fingerprint density at radius 3 is 2.66 bits per heavy atom. The molecule has 4 nitrogen and oxygen atoms in total. The number of hydrogen-bond donors (Lipinski definition) is 0. The summed E-state index contributed by atoms with van der Waals surface area (Å²) in [7, 11) is 0. The Kier molecular flexibility index (Phi) is 4.68. The molecule has 0 radical (unpaired) electrons. The van der Waals surface area contributed by atoms with Gasteiger partial charge >= 0.3 is 6.18 Å². The number of fused-ring (bicyclic) bond motifs is 1. The normalized spacial score (nSPS) is 14.9. The van der Waals surface area contributed by atoms with Gasteiger partial charge in [0.05, 0.1) is 17.8 Å². The maximum Gasteiger partial charge on any atom is 0.416 e. The lowest BCUT2D eigenvalue weighted by molar-refractivity contribution is -0.138. The Balaban J connectivity index is 1.62. The molecule has 7 heteroatoms. The van der Waals surface area contributed by atoms with E-state index in [4.69, 9.17) is 4.52 Å². The van der Waals surface area contributed by atoms with E-state index in [1.807, 2.05) is 32.0 Å². The van der Waals surface area contributed by atoms with E-state index in [1.165, 1.54) is 17.0 Å². The number of carbonyl (C=O) groups is 1. The second-order valence-electron chi connectivity index (χ2n) is 7.37. The third-order valence-corrected chi connectivity index (χ3v) is 5.37. The number of rotatable bonds is 4. The molecule has 2 heterocycles. The number of anilines is 1. The van der Waals surface area contributed by atoms with Gasteiger partial charge in [0, 0.05) is 16.8 Å². The first-order valence-corrected chi connectivity index (χ1v) is 9.26. The van der Waals surface area contributed by atoms with Crippen LogP contribution in [0.25, 0.3) is 0 Å². The van der Waals surface area contributed by atoms with Crippen LogP contribution in [0, 0.1) is 6.92 Å². The first-order valence-electron chi connectivity index (χ1n) is 9.26. The van der Waals surface area contributed by atoms with Gasteiger partial charge in [-0.2, -0.15) is 13.2 Å². The number of hydrogen-bond acceptors (Lipinski definition) is 3. The minimum atomic E-state index is -4.49. The van der Waals surface area contributed by atoms with Gasteiger partial charge in [-0.1, -0.05) is 30.3 Å². The van der Waals surface area contributed by atoms with Gasteiger partial charge in [-0.3, -0.25) is 4.79 Å². The molecule has 150 valence electrons. The molecule has 0 bridgehead atoms. The van der Waals surface area contributed by atoms with Crippen molar-refractivity contribution in [1.29, 1.82) is 0 Å². The molecule has 1 atom stereocenters. The van der Waals surface area contributed by atoms with E-state index >= 15 is 0 Å². The molecule has 0 saturated carbocycles. The smallest absolute Gasteiger partial charge is 0.364 e. The monoisotopic (exact) mass is 400 g/mol. The SMILES string of the molecule is Cc1conc1C[C@@H](C)c1cccc(N2Cc3c(cccc3C(F)(F)F)C2=O)c1. The topological polar surface area (TPSA) is 46.3 Å². The molecule has 3 aromatic rings. The van der Waals surface area contributed by atoms with Gasteiger partial charge in [0.25, 0.3) is 5.91 Å². The van der Waals surface area contributed by atoms with Crippen molar-refractivity contribution in [2.45, 2.75) is 38.9 Å². The molecule has 0 aliphatic carbocycles. The van der Waals surface area contributed by atoms with Crippen molar-refractivity contribution < 1.29 is 22.5 Å². The third-order valence-electron chi connectivity index (χ3n) is 5.37. The minimum absolute atomic E-state index is 0.0293. The minimum Gasteiger partial charge on any atom is -0.364 e. The molecule has 29 heavy (non-hydrogen) atoms. The van der Waals surface area contributed by atoms with Gasteiger partial charge in [-0.25, -0.2) is 0 Å². The number of amides is 1. The predicted molar refractivity (Wildman–Crippen MR) is 102 cm³/mol. The fourth-order valence-electron chi connectivity index (χ4n) is 3.72. The van der Waals surface area contributed by atoms with Crippen molar-refractivity contribution in [2.75, 3.05) is 4.90 Å². The van der Waals surface area contributed by atoms with Gasteiger partial charge in [0.1, 0.15) is 6.26 Å². The summed E-state index contributed by atoms with van der Waals surface area (Å²) >= 11 is 0. The second-order valence-corrected chi connectivity index (χ2v) is 7.37.